The highest BCUT2D eigenvalue weighted by Crippen LogP contribution is 2.49. The molecule has 6 rings (SSSR count). The monoisotopic (exact) mass is 531 g/mol. The molecule has 4 aliphatic rings. The van der Waals surface area contributed by atoms with Crippen molar-refractivity contribution in [1.82, 2.24) is 20.4 Å². The Morgan fingerprint density at radius 3 is 2.06 bits per heavy atom. The molecule has 2 heterocycles. The lowest BCUT2D eigenvalue weighted by molar-refractivity contribution is -0.123. The number of hydrogen-bond donors (Lipinski definition) is 1. The minimum absolute atomic E-state index is 0.142. The van der Waals surface area contributed by atoms with E-state index in [1.807, 2.05) is 11.8 Å². The Balaban J connectivity index is 0.881. The number of hydrogen-bond acceptors (Lipinski definition) is 9. The first-order valence-electron chi connectivity index (χ1n) is 13.2. The second-order valence-corrected chi connectivity index (χ2v) is 14.3. The van der Waals surface area contributed by atoms with Crippen LogP contribution < -0.4 is 5.32 Å². The van der Waals surface area contributed by atoms with E-state index in [0.717, 1.165) is 64.0 Å². The summed E-state index contributed by atoms with van der Waals surface area (Å²) in [6.07, 6.45) is 11.9. The third-order valence-corrected chi connectivity index (χ3v) is 11.5. The predicted octanol–water partition coefficient (Wildman–Crippen LogP) is 4.83. The molecule has 4 bridgehead atoms. The number of nitrogens with zero attached hydrogens (tertiary/aromatic N) is 4. The number of rotatable bonds is 11. The molecule has 6 atom stereocenters. The summed E-state index contributed by atoms with van der Waals surface area (Å²) in [7, 11) is 0. The summed E-state index contributed by atoms with van der Waals surface area (Å²) in [5, 5.41) is 23.6. The van der Waals surface area contributed by atoms with Gasteiger partial charge in [0.15, 0.2) is 0 Å². The molecule has 0 spiro atoms. The summed E-state index contributed by atoms with van der Waals surface area (Å²) in [4.78, 5) is 25.3. The van der Waals surface area contributed by atoms with Gasteiger partial charge >= 0.3 is 0 Å². The minimum Gasteiger partial charge on any atom is -0.300 e. The Bertz CT molecular complexity index is 989. The van der Waals surface area contributed by atoms with Crippen molar-refractivity contribution in [2.45, 2.75) is 70.6 Å². The van der Waals surface area contributed by atoms with Crippen LogP contribution in [0.1, 0.15) is 66.4 Å². The van der Waals surface area contributed by atoms with Gasteiger partial charge in [0, 0.05) is 24.7 Å². The van der Waals surface area contributed by atoms with Gasteiger partial charge in [0.05, 0.1) is 6.42 Å². The zero-order valence-corrected chi connectivity index (χ0v) is 22.4. The first-order valence-corrected chi connectivity index (χ1v) is 15.9. The van der Waals surface area contributed by atoms with Gasteiger partial charge in [-0.3, -0.25) is 9.59 Å². The van der Waals surface area contributed by atoms with E-state index in [0.29, 0.717) is 29.2 Å². The molecule has 35 heavy (non-hydrogen) atoms. The molecule has 7 nitrogen and oxygen atoms in total. The smallest absolute Gasteiger partial charge is 0.229 e. The van der Waals surface area contributed by atoms with E-state index in [1.54, 1.807) is 11.3 Å². The van der Waals surface area contributed by atoms with Crippen LogP contribution in [0.2, 0.25) is 0 Å². The van der Waals surface area contributed by atoms with Crippen molar-refractivity contribution in [3.8, 4) is 0 Å². The second kappa shape index (κ2) is 10.5. The van der Waals surface area contributed by atoms with E-state index in [9.17, 15) is 9.59 Å². The number of thioether (sulfide) groups is 1. The molecule has 0 radical (unpaired) electrons. The summed E-state index contributed by atoms with van der Waals surface area (Å²) in [5.74, 6) is 5.70. The molecule has 188 valence electrons. The quantitative estimate of drug-likeness (QED) is 0.415. The third-order valence-electron chi connectivity index (χ3n) is 8.68. The maximum absolute atomic E-state index is 12.7. The van der Waals surface area contributed by atoms with Crippen molar-refractivity contribution >= 4 is 51.3 Å². The van der Waals surface area contributed by atoms with Gasteiger partial charge in [0.25, 0.3) is 0 Å². The largest absolute Gasteiger partial charge is 0.300 e. The molecule has 4 saturated carbocycles. The van der Waals surface area contributed by atoms with Crippen LogP contribution in [0, 0.1) is 35.5 Å². The Morgan fingerprint density at radius 1 is 0.771 bits per heavy atom. The Morgan fingerprint density at radius 2 is 1.40 bits per heavy atom. The van der Waals surface area contributed by atoms with Crippen molar-refractivity contribution in [1.29, 1.82) is 0 Å². The molecule has 4 aliphatic carbocycles. The SMILES string of the molecule is O=C(Cc1nnc(CCSCCc2nnc(NC(=O)C3CC4CCC3C4)s2)s1)C1CC2CCC1C2. The summed E-state index contributed by atoms with van der Waals surface area (Å²) in [5.41, 5.74) is 0. The number of aromatic nitrogens is 4. The highest BCUT2D eigenvalue weighted by atomic mass is 32.2. The van der Waals surface area contributed by atoms with Crippen molar-refractivity contribution in [3.05, 3.63) is 15.0 Å². The van der Waals surface area contributed by atoms with Crippen molar-refractivity contribution in [3.63, 3.8) is 0 Å². The molecule has 1 N–H and O–H groups in total. The van der Waals surface area contributed by atoms with Crippen LogP contribution in [0.25, 0.3) is 0 Å². The number of ketones is 1. The first kappa shape index (κ1) is 24.0. The maximum atomic E-state index is 12.7. The average molecular weight is 532 g/mol. The second-order valence-electron chi connectivity index (χ2n) is 10.9. The number of carbonyl (C=O) groups excluding carboxylic acids is 2. The molecular weight excluding hydrogens is 499 g/mol. The molecular formula is C25H33N5O2S3. The zero-order chi connectivity index (χ0) is 23.8. The number of fused-ring (bicyclic) bond motifs is 4. The van der Waals surface area contributed by atoms with Gasteiger partial charge < -0.3 is 5.32 Å². The van der Waals surface area contributed by atoms with Gasteiger partial charge in [-0.25, -0.2) is 0 Å². The number of anilines is 1. The number of carbonyl (C=O) groups is 2. The summed E-state index contributed by atoms with van der Waals surface area (Å²) >= 11 is 4.97. The van der Waals surface area contributed by atoms with Crippen LogP contribution in [0.15, 0.2) is 0 Å². The van der Waals surface area contributed by atoms with Crippen LogP contribution >= 0.6 is 34.4 Å². The number of Topliss-reactive ketones (excluding diaryl/α,β-unsaturated/α-hetero) is 1. The van der Waals surface area contributed by atoms with Crippen LogP contribution in [0.5, 0.6) is 0 Å². The van der Waals surface area contributed by atoms with Crippen LogP contribution in [-0.2, 0) is 28.9 Å². The first-order chi connectivity index (χ1) is 17.1. The molecule has 0 saturated heterocycles. The number of nitrogens with one attached hydrogen (secondary N) is 1. The van der Waals surface area contributed by atoms with E-state index >= 15 is 0 Å². The average Bonchev–Trinajstić information content (AvgIpc) is 3.69. The highest BCUT2D eigenvalue weighted by molar-refractivity contribution is 7.99. The van der Waals surface area contributed by atoms with Crippen LogP contribution in [-0.4, -0.2) is 43.6 Å². The molecule has 1 amide bonds. The normalized spacial score (nSPS) is 30.9. The van der Waals surface area contributed by atoms with Gasteiger partial charge in [0.1, 0.15) is 20.8 Å². The Labute approximate surface area is 218 Å². The van der Waals surface area contributed by atoms with Crippen LogP contribution in [0.4, 0.5) is 5.13 Å². The third kappa shape index (κ3) is 5.49. The molecule has 0 aliphatic heterocycles. The molecule has 6 unspecified atom stereocenters. The van der Waals surface area contributed by atoms with Crippen LogP contribution in [0.3, 0.4) is 0 Å². The Kier molecular flexibility index (Phi) is 7.22. The number of aryl methyl sites for hydroxylation is 2. The standard InChI is InChI=1S/C25H33N5O2S3/c31-20(18-11-14-1-3-16(18)9-14)13-23-29-27-21(34-23)5-7-33-8-6-22-28-30-25(35-22)26-24(32)19-12-15-2-4-17(19)10-15/h14-19H,1-13H2,(H,26,30,32). The highest BCUT2D eigenvalue weighted by Gasteiger charge is 2.44. The number of amides is 1. The molecule has 4 fully saturated rings. The van der Waals surface area contributed by atoms with Gasteiger partial charge in [-0.2, -0.15) is 11.8 Å². The Hall–Kier alpha value is -1.39. The maximum Gasteiger partial charge on any atom is 0.229 e. The fourth-order valence-electron chi connectivity index (χ4n) is 6.97. The van der Waals surface area contributed by atoms with Gasteiger partial charge in [-0.1, -0.05) is 24.2 Å². The lowest BCUT2D eigenvalue weighted by Crippen LogP contribution is -2.27. The van der Waals surface area contributed by atoms with Gasteiger partial charge in [-0.05, 0) is 73.7 Å². The lowest BCUT2D eigenvalue weighted by Gasteiger charge is -2.19. The van der Waals surface area contributed by atoms with Gasteiger partial charge in [-0.15, -0.1) is 31.7 Å². The van der Waals surface area contributed by atoms with E-state index in [4.69, 9.17) is 0 Å². The van der Waals surface area contributed by atoms with Crippen molar-refractivity contribution in [2.24, 2.45) is 35.5 Å². The van der Waals surface area contributed by atoms with E-state index in [-0.39, 0.29) is 17.7 Å². The van der Waals surface area contributed by atoms with E-state index in [1.165, 1.54) is 49.9 Å². The van der Waals surface area contributed by atoms with Crippen molar-refractivity contribution in [2.75, 3.05) is 16.8 Å². The van der Waals surface area contributed by atoms with E-state index in [2.05, 4.69) is 25.7 Å². The molecule has 10 heteroatoms. The fourth-order valence-corrected chi connectivity index (χ4v) is 9.70. The topological polar surface area (TPSA) is 97.7 Å². The molecule has 2 aromatic heterocycles. The lowest BCUT2D eigenvalue weighted by atomic mass is 9.85. The van der Waals surface area contributed by atoms with Crippen molar-refractivity contribution < 1.29 is 9.59 Å². The molecule has 2 aromatic rings. The predicted molar refractivity (Wildman–Crippen MR) is 140 cm³/mol. The van der Waals surface area contributed by atoms with E-state index < -0.39 is 0 Å². The fraction of sp³-hybridized carbons (Fsp3) is 0.760. The zero-order valence-electron chi connectivity index (χ0n) is 20.0. The molecule has 0 aromatic carbocycles. The van der Waals surface area contributed by atoms with Gasteiger partial charge in [0.2, 0.25) is 11.0 Å². The summed E-state index contributed by atoms with van der Waals surface area (Å²) in [6, 6.07) is 0. The minimum atomic E-state index is 0.142. The summed E-state index contributed by atoms with van der Waals surface area (Å²) < 4.78 is 0. The summed E-state index contributed by atoms with van der Waals surface area (Å²) in [6.45, 7) is 0.